The zero-order valence-electron chi connectivity index (χ0n) is 39.0. The smallest absolute Gasteiger partial charge is 0.148 e. The molecule has 4 nitrogen and oxygen atoms in total. The topological polar surface area (TPSA) is 50.9 Å². The van der Waals surface area contributed by atoms with Gasteiger partial charge in [-0.3, -0.25) is 9.55 Å². The van der Waals surface area contributed by atoms with Gasteiger partial charge in [0, 0.05) is 38.5 Å². The van der Waals surface area contributed by atoms with Gasteiger partial charge in [-0.25, -0.2) is 4.98 Å². The molecule has 64 heavy (non-hydrogen) atoms. The molecule has 326 valence electrons. The molecule has 0 unspecified atom stereocenters. The van der Waals surface area contributed by atoms with E-state index in [9.17, 15) is 5.11 Å². The molecular formula is C59H58N3OPt-. The number of aromatic hydroxyl groups is 1. The van der Waals surface area contributed by atoms with E-state index in [1.54, 1.807) is 0 Å². The summed E-state index contributed by atoms with van der Waals surface area (Å²) < 4.78 is 2.25. The first-order valence-electron chi connectivity index (χ1n) is 22.4. The molecule has 2 heterocycles. The number of hydrogen-bond donors (Lipinski definition) is 1. The number of rotatable bonds is 7. The third-order valence-electron chi connectivity index (χ3n) is 12.7. The van der Waals surface area contributed by atoms with Gasteiger partial charge >= 0.3 is 0 Å². The Morgan fingerprint density at radius 3 is 1.92 bits per heavy atom. The Kier molecular flexibility index (Phi) is 11.9. The summed E-state index contributed by atoms with van der Waals surface area (Å²) in [5, 5.41) is 15.3. The first kappa shape index (κ1) is 44.8. The van der Waals surface area contributed by atoms with Crippen LogP contribution in [-0.2, 0) is 31.9 Å². The van der Waals surface area contributed by atoms with Gasteiger partial charge in [-0.15, -0.1) is 34.9 Å². The number of imidazole rings is 1. The van der Waals surface area contributed by atoms with Gasteiger partial charge in [0.05, 0.1) is 16.6 Å². The van der Waals surface area contributed by atoms with E-state index in [1.165, 1.54) is 32.8 Å². The number of phenolic OH excluding ortho intramolecular Hbond substituents is 1. The monoisotopic (exact) mass is 1020 g/mol. The molecule has 0 aliphatic heterocycles. The van der Waals surface area contributed by atoms with Gasteiger partial charge in [0.15, 0.2) is 0 Å². The van der Waals surface area contributed by atoms with Crippen molar-refractivity contribution in [2.24, 2.45) is 0 Å². The quantitative estimate of drug-likeness (QED) is 0.162. The Hall–Kier alpha value is -5.83. The minimum atomic E-state index is -0.144. The van der Waals surface area contributed by atoms with Crippen LogP contribution in [-0.4, -0.2) is 19.6 Å². The van der Waals surface area contributed by atoms with Crippen LogP contribution in [0.2, 0.25) is 0 Å². The van der Waals surface area contributed by atoms with Crippen LogP contribution in [0.3, 0.4) is 0 Å². The summed E-state index contributed by atoms with van der Waals surface area (Å²) in [7, 11) is 0. The molecule has 2 aromatic heterocycles. The van der Waals surface area contributed by atoms with Gasteiger partial charge < -0.3 is 5.11 Å². The van der Waals surface area contributed by atoms with Crippen LogP contribution >= 0.6 is 0 Å². The van der Waals surface area contributed by atoms with Crippen molar-refractivity contribution in [3.8, 4) is 56.2 Å². The molecule has 0 atom stereocenters. The molecule has 9 rings (SSSR count). The van der Waals surface area contributed by atoms with Crippen LogP contribution in [0.25, 0.3) is 83.2 Å². The fraction of sp³-hybridized carbons (Fsp3) is 0.254. The summed E-state index contributed by atoms with van der Waals surface area (Å²) in [5.74, 6) is 1.56. The SMILES string of the molecule is Cc1cc(-c2cc(C(C)C)cc3c(C(C)C)ccnc23)[c-]c(-c2cc(-c3cccc4ccccc34)cc3c2nc(-c2cc(C(C)(C)C)ccc2O)n3-c2ccc(C(C)(C)C)cc2)c1.[Pt]. The van der Waals surface area contributed by atoms with Gasteiger partial charge in [0.2, 0.25) is 0 Å². The summed E-state index contributed by atoms with van der Waals surface area (Å²) in [6.07, 6.45) is 1.95. The fourth-order valence-electron chi connectivity index (χ4n) is 9.09. The van der Waals surface area contributed by atoms with Gasteiger partial charge in [0.25, 0.3) is 0 Å². The number of aromatic nitrogens is 3. The summed E-state index contributed by atoms with van der Waals surface area (Å²) in [5.41, 5.74) is 16.6. The molecule has 0 aliphatic rings. The maximum atomic E-state index is 11.8. The molecular weight excluding hydrogens is 962 g/mol. The molecule has 0 aliphatic carbocycles. The zero-order valence-corrected chi connectivity index (χ0v) is 41.2. The van der Waals surface area contributed by atoms with Crippen molar-refractivity contribution in [3.05, 3.63) is 167 Å². The van der Waals surface area contributed by atoms with Crippen LogP contribution in [0.5, 0.6) is 5.75 Å². The largest absolute Gasteiger partial charge is 0.507 e. The molecule has 7 aromatic carbocycles. The van der Waals surface area contributed by atoms with E-state index in [1.807, 2.05) is 18.3 Å². The average molecular weight is 1020 g/mol. The van der Waals surface area contributed by atoms with E-state index < -0.39 is 0 Å². The van der Waals surface area contributed by atoms with E-state index in [2.05, 4.69) is 202 Å². The number of pyridine rings is 1. The first-order valence-corrected chi connectivity index (χ1v) is 22.4. The van der Waals surface area contributed by atoms with Crippen molar-refractivity contribution < 1.29 is 26.2 Å². The minimum Gasteiger partial charge on any atom is -0.507 e. The van der Waals surface area contributed by atoms with Crippen LogP contribution in [0, 0.1) is 13.0 Å². The summed E-state index contributed by atoms with van der Waals surface area (Å²) in [4.78, 5) is 10.7. The van der Waals surface area contributed by atoms with Crippen LogP contribution in [0.4, 0.5) is 0 Å². The molecule has 5 heteroatoms. The third kappa shape index (κ3) is 8.22. The fourth-order valence-corrected chi connectivity index (χ4v) is 9.09. The van der Waals surface area contributed by atoms with Gasteiger partial charge in [-0.1, -0.05) is 172 Å². The van der Waals surface area contributed by atoms with Gasteiger partial charge in [-0.2, -0.15) is 0 Å². The maximum absolute atomic E-state index is 11.8. The molecule has 0 saturated carbocycles. The predicted octanol–water partition coefficient (Wildman–Crippen LogP) is 16.0. The Bertz CT molecular complexity index is 3210. The minimum absolute atomic E-state index is 0. The van der Waals surface area contributed by atoms with Crippen LogP contribution in [0.15, 0.2) is 134 Å². The Morgan fingerprint density at radius 2 is 1.25 bits per heavy atom. The number of phenols is 1. The Labute approximate surface area is 393 Å². The van der Waals surface area contributed by atoms with Gasteiger partial charge in [0.1, 0.15) is 11.6 Å². The number of hydrogen-bond acceptors (Lipinski definition) is 3. The molecule has 0 saturated heterocycles. The standard InChI is InChI=1S/C59H58N3O.Pt/c1-35(2)39-30-49(55-51(31-39)46(36(3)4)25-26-60-55)40-27-37(5)28-41(29-40)50-32-42(48-18-14-16-38-15-12-13-17-47(38)48)33-53-56(50)61-57(52-34-44(59(9,10)11)21-24-54(52)63)62(53)45-22-19-43(20-23-45)58(6,7)8;/h12-28,30-36,63H,1-11H3;/q-1;. The molecule has 1 N–H and O–H groups in total. The molecule has 0 bridgehead atoms. The number of aryl methyl sites for hydroxylation is 1. The van der Waals surface area contributed by atoms with Crippen molar-refractivity contribution in [1.82, 2.24) is 14.5 Å². The second kappa shape index (κ2) is 16.9. The van der Waals surface area contributed by atoms with E-state index in [0.717, 1.165) is 66.7 Å². The normalized spacial score (nSPS) is 12.2. The zero-order chi connectivity index (χ0) is 44.5. The van der Waals surface area contributed by atoms with Crippen molar-refractivity contribution in [1.29, 1.82) is 0 Å². The third-order valence-corrected chi connectivity index (χ3v) is 12.7. The maximum Gasteiger partial charge on any atom is 0.148 e. The summed E-state index contributed by atoms with van der Waals surface area (Å²) >= 11 is 0. The number of fused-ring (bicyclic) bond motifs is 3. The first-order chi connectivity index (χ1) is 30.0. The van der Waals surface area contributed by atoms with E-state index in [0.29, 0.717) is 23.2 Å². The molecule has 0 fully saturated rings. The van der Waals surface area contributed by atoms with Crippen molar-refractivity contribution in [2.75, 3.05) is 0 Å². The molecule has 9 aromatic rings. The molecule has 0 radical (unpaired) electrons. The van der Waals surface area contributed by atoms with E-state index in [4.69, 9.17) is 9.97 Å². The van der Waals surface area contributed by atoms with Crippen molar-refractivity contribution in [3.63, 3.8) is 0 Å². The second-order valence-electron chi connectivity index (χ2n) is 20.1. The number of nitrogens with zero attached hydrogens (tertiary/aromatic N) is 3. The van der Waals surface area contributed by atoms with E-state index >= 15 is 0 Å². The molecule has 0 amide bonds. The molecule has 0 spiro atoms. The Morgan fingerprint density at radius 1 is 0.594 bits per heavy atom. The van der Waals surface area contributed by atoms with Crippen molar-refractivity contribution in [2.45, 2.75) is 98.8 Å². The summed E-state index contributed by atoms with van der Waals surface area (Å²) in [6.45, 7) is 24.5. The second-order valence-corrected chi connectivity index (χ2v) is 20.1. The van der Waals surface area contributed by atoms with Crippen molar-refractivity contribution >= 4 is 32.7 Å². The average Bonchev–Trinajstić information content (AvgIpc) is 3.63. The number of benzene rings is 7. The Balaban J connectivity index is 0.00000560. The van der Waals surface area contributed by atoms with Crippen LogP contribution in [0.1, 0.15) is 109 Å². The van der Waals surface area contributed by atoms with Crippen LogP contribution < -0.4 is 0 Å². The predicted molar refractivity (Wildman–Crippen MR) is 266 cm³/mol. The van der Waals surface area contributed by atoms with E-state index in [-0.39, 0.29) is 37.6 Å². The summed E-state index contributed by atoms with van der Waals surface area (Å²) in [6, 6.07) is 49.8. The van der Waals surface area contributed by atoms with Gasteiger partial charge in [-0.05, 0) is 103 Å².